The first-order chi connectivity index (χ1) is 16.0. The number of carbonyl (C=O) groups excluding carboxylic acids is 1. The minimum absolute atomic E-state index is 0.193. The molecule has 0 atom stereocenters. The van der Waals surface area contributed by atoms with Crippen LogP contribution in [0.4, 0.5) is 5.13 Å². The van der Waals surface area contributed by atoms with Crippen LogP contribution in [0.1, 0.15) is 29.9 Å². The zero-order chi connectivity index (χ0) is 23.5. The van der Waals surface area contributed by atoms with Crippen molar-refractivity contribution in [2.24, 2.45) is 0 Å². The minimum Gasteiger partial charge on any atom is -0.497 e. The number of ether oxygens (including phenoxy) is 3. The van der Waals surface area contributed by atoms with Crippen LogP contribution < -0.4 is 19.5 Å². The van der Waals surface area contributed by atoms with Crippen LogP contribution in [0.3, 0.4) is 0 Å². The summed E-state index contributed by atoms with van der Waals surface area (Å²) < 4.78 is 18.5. The summed E-state index contributed by atoms with van der Waals surface area (Å²) >= 11 is 1.37. The molecule has 0 aliphatic carbocycles. The minimum atomic E-state index is -0.193. The lowest BCUT2D eigenvalue weighted by Gasteiger charge is -2.09. The summed E-state index contributed by atoms with van der Waals surface area (Å²) in [6.07, 6.45) is 0. The summed E-state index contributed by atoms with van der Waals surface area (Å²) in [5, 5.41) is 6.39. The second kappa shape index (κ2) is 9.54. The summed E-state index contributed by atoms with van der Waals surface area (Å²) in [7, 11) is 3.23. The summed E-state index contributed by atoms with van der Waals surface area (Å²) in [6, 6.07) is 11.5. The number of nitrogens with one attached hydrogen (secondary N) is 1. The van der Waals surface area contributed by atoms with Crippen LogP contribution in [0.2, 0.25) is 0 Å². The van der Waals surface area contributed by atoms with Crippen molar-refractivity contribution in [2.75, 3.05) is 26.1 Å². The number of hydrogen-bond donors (Lipinski definition) is 1. The number of thiazole rings is 1. The van der Waals surface area contributed by atoms with E-state index in [1.807, 2.05) is 67.1 Å². The molecule has 0 fully saturated rings. The zero-order valence-electron chi connectivity index (χ0n) is 19.4. The van der Waals surface area contributed by atoms with E-state index >= 15 is 0 Å². The van der Waals surface area contributed by atoms with E-state index in [0.717, 1.165) is 27.8 Å². The Balaban J connectivity index is 1.66. The third-order valence-electron chi connectivity index (χ3n) is 5.54. The second-order valence-corrected chi connectivity index (χ2v) is 8.25. The van der Waals surface area contributed by atoms with Gasteiger partial charge in [-0.05, 0) is 62.7 Å². The lowest BCUT2D eigenvalue weighted by Crippen LogP contribution is -2.17. The molecule has 1 N–H and O–H groups in total. The number of benzene rings is 2. The largest absolute Gasteiger partial charge is 0.497 e. The van der Waals surface area contributed by atoms with Crippen LogP contribution in [0, 0.1) is 6.92 Å². The Morgan fingerprint density at radius 3 is 2.58 bits per heavy atom. The van der Waals surface area contributed by atoms with E-state index in [4.69, 9.17) is 14.2 Å². The third kappa shape index (κ3) is 4.26. The number of hydrogen-bond acceptors (Lipinski definition) is 6. The molecule has 7 nitrogen and oxygen atoms in total. The average Bonchev–Trinajstić information content (AvgIpc) is 3.40. The maximum Gasteiger partial charge on any atom is 0.274 e. The van der Waals surface area contributed by atoms with Crippen LogP contribution in [0.25, 0.3) is 22.2 Å². The molecule has 4 rings (SSSR count). The normalized spacial score (nSPS) is 10.9. The Bertz CT molecular complexity index is 1310. The fourth-order valence-corrected chi connectivity index (χ4v) is 4.71. The number of methoxy groups -OCH3 is 2. The molecule has 33 heavy (non-hydrogen) atoms. The molecular weight excluding hydrogens is 438 g/mol. The molecule has 4 aromatic rings. The van der Waals surface area contributed by atoms with E-state index in [2.05, 4.69) is 10.3 Å². The van der Waals surface area contributed by atoms with Crippen LogP contribution in [0.5, 0.6) is 17.2 Å². The predicted octanol–water partition coefficient (Wildman–Crippen LogP) is 5.76. The monoisotopic (exact) mass is 465 g/mol. The summed E-state index contributed by atoms with van der Waals surface area (Å²) in [5.41, 5.74) is 4.05. The first-order valence-corrected chi connectivity index (χ1v) is 11.6. The van der Waals surface area contributed by atoms with Gasteiger partial charge in [-0.15, -0.1) is 11.3 Å². The molecule has 0 radical (unpaired) electrons. The van der Waals surface area contributed by atoms with Gasteiger partial charge in [0.2, 0.25) is 0 Å². The highest BCUT2D eigenvalue weighted by Crippen LogP contribution is 2.35. The van der Waals surface area contributed by atoms with Crippen molar-refractivity contribution in [3.8, 4) is 28.5 Å². The van der Waals surface area contributed by atoms with Gasteiger partial charge in [-0.2, -0.15) is 0 Å². The fourth-order valence-electron chi connectivity index (χ4n) is 4.00. The highest BCUT2D eigenvalue weighted by Gasteiger charge is 2.21. The van der Waals surface area contributed by atoms with Crippen LogP contribution in [0.15, 0.2) is 41.8 Å². The maximum absolute atomic E-state index is 13.3. The molecule has 0 aliphatic heterocycles. The fraction of sp³-hybridized carbons (Fsp3) is 0.280. The summed E-state index contributed by atoms with van der Waals surface area (Å²) in [4.78, 5) is 18.0. The van der Waals surface area contributed by atoms with E-state index < -0.39 is 0 Å². The smallest absolute Gasteiger partial charge is 0.274 e. The zero-order valence-corrected chi connectivity index (χ0v) is 20.2. The molecule has 0 saturated heterocycles. The molecule has 0 aliphatic rings. The predicted molar refractivity (Wildman–Crippen MR) is 132 cm³/mol. The van der Waals surface area contributed by atoms with E-state index in [0.29, 0.717) is 41.2 Å². The van der Waals surface area contributed by atoms with Crippen LogP contribution in [-0.2, 0) is 6.54 Å². The molecular formula is C25H27N3O4S. The molecule has 0 saturated carbocycles. The maximum atomic E-state index is 13.3. The molecule has 0 unspecified atom stereocenters. The van der Waals surface area contributed by atoms with Gasteiger partial charge in [0.1, 0.15) is 22.9 Å². The Hall–Kier alpha value is -3.52. The molecule has 2 aromatic carbocycles. The number of fused-ring (bicyclic) bond motifs is 1. The molecule has 0 bridgehead atoms. The molecule has 1 amide bonds. The summed E-state index contributed by atoms with van der Waals surface area (Å²) in [6.45, 7) is 7.22. The number of nitrogens with zero attached hydrogens (tertiary/aromatic N) is 2. The van der Waals surface area contributed by atoms with Gasteiger partial charge in [-0.1, -0.05) is 0 Å². The van der Waals surface area contributed by atoms with Gasteiger partial charge < -0.3 is 18.8 Å². The second-order valence-electron chi connectivity index (χ2n) is 7.39. The van der Waals surface area contributed by atoms with Gasteiger partial charge in [-0.25, -0.2) is 4.98 Å². The van der Waals surface area contributed by atoms with Crippen molar-refractivity contribution in [3.05, 3.63) is 53.0 Å². The number of anilines is 1. The van der Waals surface area contributed by atoms with E-state index in [1.54, 1.807) is 14.2 Å². The van der Waals surface area contributed by atoms with Crippen molar-refractivity contribution in [1.29, 1.82) is 0 Å². The molecule has 2 aromatic heterocycles. The Morgan fingerprint density at radius 1 is 1.09 bits per heavy atom. The van der Waals surface area contributed by atoms with Gasteiger partial charge in [0.05, 0.1) is 26.5 Å². The average molecular weight is 466 g/mol. The number of carbonyl (C=O) groups is 1. The highest BCUT2D eigenvalue weighted by molar-refractivity contribution is 7.14. The van der Waals surface area contributed by atoms with Crippen LogP contribution in [-0.4, -0.2) is 36.3 Å². The van der Waals surface area contributed by atoms with Crippen molar-refractivity contribution in [3.63, 3.8) is 0 Å². The third-order valence-corrected chi connectivity index (χ3v) is 6.30. The molecule has 2 heterocycles. The van der Waals surface area contributed by atoms with E-state index in [1.165, 1.54) is 11.3 Å². The highest BCUT2D eigenvalue weighted by atomic mass is 32.1. The standard InChI is InChI=1S/C25H27N3O4S/c1-6-28-21-10-8-17(32-7-2)13-18(21)15(3)23(28)24(29)27-25-26-20(14-33-25)19-12-16(30-4)9-11-22(19)31-5/h8-14H,6-7H2,1-5H3,(H,26,27,29). The summed E-state index contributed by atoms with van der Waals surface area (Å²) in [5.74, 6) is 2.00. The first-order valence-electron chi connectivity index (χ1n) is 10.8. The van der Waals surface area contributed by atoms with Gasteiger partial charge in [0.15, 0.2) is 5.13 Å². The van der Waals surface area contributed by atoms with Crippen molar-refractivity contribution < 1.29 is 19.0 Å². The van der Waals surface area contributed by atoms with Gasteiger partial charge >= 0.3 is 0 Å². The van der Waals surface area contributed by atoms with Crippen molar-refractivity contribution in [1.82, 2.24) is 9.55 Å². The molecule has 8 heteroatoms. The van der Waals surface area contributed by atoms with Gasteiger partial charge in [0.25, 0.3) is 5.91 Å². The molecule has 0 spiro atoms. The first kappa shape index (κ1) is 22.7. The van der Waals surface area contributed by atoms with Gasteiger partial charge in [0, 0.05) is 28.4 Å². The number of amides is 1. The SMILES string of the molecule is CCOc1ccc2c(c1)c(C)c(C(=O)Nc1nc(-c3cc(OC)ccc3OC)cs1)n2CC. The van der Waals surface area contributed by atoms with Crippen molar-refractivity contribution in [2.45, 2.75) is 27.3 Å². The van der Waals surface area contributed by atoms with E-state index in [9.17, 15) is 4.79 Å². The number of rotatable bonds is 8. The lowest BCUT2D eigenvalue weighted by atomic mass is 10.1. The topological polar surface area (TPSA) is 74.6 Å². The molecule has 172 valence electrons. The van der Waals surface area contributed by atoms with Crippen LogP contribution >= 0.6 is 11.3 Å². The Kier molecular flexibility index (Phi) is 6.55. The lowest BCUT2D eigenvalue weighted by molar-refractivity contribution is 0.101. The van der Waals surface area contributed by atoms with E-state index in [-0.39, 0.29) is 5.91 Å². The Morgan fingerprint density at radius 2 is 1.88 bits per heavy atom. The number of aromatic nitrogens is 2. The Labute approximate surface area is 196 Å². The van der Waals surface area contributed by atoms with Crippen molar-refractivity contribution >= 4 is 33.3 Å². The number of aryl methyl sites for hydroxylation is 2. The van der Waals surface area contributed by atoms with Gasteiger partial charge in [-0.3, -0.25) is 10.1 Å². The quantitative estimate of drug-likeness (QED) is 0.358.